The number of rotatable bonds is 10. The third-order valence-electron chi connectivity index (χ3n) is 7.83. The normalized spacial score (nSPS) is 14.0. The van der Waals surface area contributed by atoms with Crippen LogP contribution in [0.25, 0.3) is 22.2 Å². The predicted octanol–water partition coefficient (Wildman–Crippen LogP) is 5.79. The number of benzene rings is 2. The largest absolute Gasteiger partial charge is 0.358 e. The molecule has 0 atom stereocenters. The van der Waals surface area contributed by atoms with Crippen LogP contribution in [0.1, 0.15) is 42.6 Å². The highest BCUT2D eigenvalue weighted by Gasteiger charge is 2.43. The molecule has 196 valence electrons. The Balaban J connectivity index is 1.22. The average Bonchev–Trinajstić information content (AvgIpc) is 3.63. The molecular weight excluding hydrogens is 491 g/mol. The second-order valence-electron chi connectivity index (χ2n) is 10.4. The van der Waals surface area contributed by atoms with Gasteiger partial charge in [-0.15, -0.1) is 0 Å². The Kier molecular flexibility index (Phi) is 6.65. The molecule has 0 amide bonds. The van der Waals surface area contributed by atoms with Gasteiger partial charge in [0.2, 0.25) is 0 Å². The van der Waals surface area contributed by atoms with Crippen LogP contribution in [-0.2, 0) is 29.6 Å². The summed E-state index contributed by atoms with van der Waals surface area (Å²) in [6.07, 6.45) is 9.39. The van der Waals surface area contributed by atoms with Crippen molar-refractivity contribution in [3.63, 3.8) is 0 Å². The van der Waals surface area contributed by atoms with E-state index in [9.17, 15) is 14.0 Å². The Labute approximate surface area is 225 Å². The molecule has 39 heavy (non-hydrogen) atoms. The number of H-pyrrole nitrogens is 1. The Morgan fingerprint density at radius 3 is 2.54 bits per heavy atom. The minimum Gasteiger partial charge on any atom is -0.358 e. The van der Waals surface area contributed by atoms with E-state index in [1.807, 2.05) is 54.6 Å². The van der Waals surface area contributed by atoms with Gasteiger partial charge >= 0.3 is 0 Å². The van der Waals surface area contributed by atoms with Crippen molar-refractivity contribution >= 4 is 16.7 Å². The van der Waals surface area contributed by atoms with Crippen LogP contribution in [0, 0.1) is 5.82 Å². The van der Waals surface area contributed by atoms with E-state index in [-0.39, 0.29) is 29.1 Å². The molecule has 1 saturated carbocycles. The van der Waals surface area contributed by atoms with E-state index in [1.165, 1.54) is 12.1 Å². The second-order valence-corrected chi connectivity index (χ2v) is 10.4. The molecule has 3 heterocycles. The van der Waals surface area contributed by atoms with Crippen molar-refractivity contribution in [2.75, 3.05) is 0 Å². The molecular formula is C32H29FN4O2. The molecule has 0 aliphatic heterocycles. The van der Waals surface area contributed by atoms with Gasteiger partial charge in [-0.1, -0.05) is 42.5 Å². The number of carbonyl (C=O) groups is 1. The number of fused-ring (bicyclic) bond motifs is 1. The van der Waals surface area contributed by atoms with E-state index in [2.05, 4.69) is 15.0 Å². The quantitative estimate of drug-likeness (QED) is 0.253. The maximum atomic E-state index is 13.7. The van der Waals surface area contributed by atoms with Crippen LogP contribution in [0.15, 0.2) is 90.1 Å². The molecule has 0 saturated heterocycles. The summed E-state index contributed by atoms with van der Waals surface area (Å²) in [6.45, 7) is -0.0104. The Morgan fingerprint density at radius 2 is 1.79 bits per heavy atom. The zero-order valence-electron chi connectivity index (χ0n) is 21.6. The van der Waals surface area contributed by atoms with Crippen molar-refractivity contribution < 1.29 is 9.18 Å². The maximum Gasteiger partial charge on any atom is 0.273 e. The molecule has 0 spiro atoms. The molecule has 6 rings (SSSR count). The fourth-order valence-corrected chi connectivity index (χ4v) is 5.39. The fraction of sp³-hybridized carbons (Fsp3) is 0.250. The SMILES string of the molecule is O=C(CCc1cc2cnccc2[nH]1)Cn1c(-c2ccccc2)cnc(CCC2(c3ccc(F)cc3)CC2)c1=O. The lowest BCUT2D eigenvalue weighted by molar-refractivity contribution is -0.119. The molecule has 7 heteroatoms. The molecule has 0 unspecified atom stereocenters. The Bertz CT molecular complexity index is 1650. The van der Waals surface area contributed by atoms with Gasteiger partial charge in [-0.25, -0.2) is 4.39 Å². The van der Waals surface area contributed by atoms with Gasteiger partial charge in [0.05, 0.1) is 18.4 Å². The van der Waals surface area contributed by atoms with Gasteiger partial charge in [0, 0.05) is 35.4 Å². The summed E-state index contributed by atoms with van der Waals surface area (Å²) in [5.41, 5.74) is 4.73. The van der Waals surface area contributed by atoms with Crippen molar-refractivity contribution in [1.29, 1.82) is 0 Å². The second kappa shape index (κ2) is 10.4. The lowest BCUT2D eigenvalue weighted by Crippen LogP contribution is -2.30. The van der Waals surface area contributed by atoms with Crippen LogP contribution in [0.3, 0.4) is 0 Å². The van der Waals surface area contributed by atoms with Crippen molar-refractivity contribution in [3.05, 3.63) is 118 Å². The van der Waals surface area contributed by atoms with Gasteiger partial charge in [-0.2, -0.15) is 0 Å². The van der Waals surface area contributed by atoms with Crippen LogP contribution in [0.2, 0.25) is 0 Å². The summed E-state index contributed by atoms with van der Waals surface area (Å²) in [6, 6.07) is 20.2. The number of carbonyl (C=O) groups excluding carboxylic acids is 1. The van der Waals surface area contributed by atoms with Crippen molar-refractivity contribution in [1.82, 2.24) is 19.5 Å². The molecule has 1 fully saturated rings. The van der Waals surface area contributed by atoms with Gasteiger partial charge in [-0.3, -0.25) is 24.1 Å². The van der Waals surface area contributed by atoms with Gasteiger partial charge in [0.25, 0.3) is 5.56 Å². The van der Waals surface area contributed by atoms with E-state index >= 15 is 0 Å². The summed E-state index contributed by atoms with van der Waals surface area (Å²) in [5, 5.41) is 1.01. The van der Waals surface area contributed by atoms with Crippen LogP contribution >= 0.6 is 0 Å². The molecule has 1 aliphatic carbocycles. The summed E-state index contributed by atoms with van der Waals surface area (Å²) in [5.74, 6) is -0.269. The molecule has 3 aromatic heterocycles. The molecule has 1 aliphatic rings. The third-order valence-corrected chi connectivity index (χ3v) is 7.83. The molecule has 2 aromatic carbocycles. The first-order valence-electron chi connectivity index (χ1n) is 13.3. The highest BCUT2D eigenvalue weighted by Crippen LogP contribution is 2.51. The first-order chi connectivity index (χ1) is 19.0. The number of hydrogen-bond acceptors (Lipinski definition) is 4. The lowest BCUT2D eigenvalue weighted by atomic mass is 9.90. The monoisotopic (exact) mass is 520 g/mol. The van der Waals surface area contributed by atoms with Gasteiger partial charge in [0.15, 0.2) is 5.78 Å². The fourth-order valence-electron chi connectivity index (χ4n) is 5.39. The number of aromatic amines is 1. The predicted molar refractivity (Wildman–Crippen MR) is 149 cm³/mol. The van der Waals surface area contributed by atoms with E-state index in [0.717, 1.165) is 47.0 Å². The molecule has 5 aromatic rings. The number of ketones is 1. The van der Waals surface area contributed by atoms with E-state index in [4.69, 9.17) is 0 Å². The lowest BCUT2D eigenvalue weighted by Gasteiger charge is -2.17. The standard InChI is InChI=1S/C32H29FN4O2/c33-25-8-6-24(7-9-25)32(15-16-32)14-12-29-31(39)37(30(20-35-29)22-4-2-1-3-5-22)21-27(38)11-10-26-18-23-19-34-17-13-28(23)36-26/h1-9,13,17-20,36H,10-12,14-16,21H2. The number of nitrogens with one attached hydrogen (secondary N) is 1. The number of pyridine rings is 1. The van der Waals surface area contributed by atoms with Crippen LogP contribution in [0.5, 0.6) is 0 Å². The Morgan fingerprint density at radius 1 is 1.00 bits per heavy atom. The van der Waals surface area contributed by atoms with Gasteiger partial charge in [0.1, 0.15) is 11.5 Å². The van der Waals surface area contributed by atoms with Crippen LogP contribution in [-0.4, -0.2) is 25.3 Å². The van der Waals surface area contributed by atoms with Gasteiger partial charge < -0.3 is 4.98 Å². The number of hydrogen-bond donors (Lipinski definition) is 1. The van der Waals surface area contributed by atoms with Crippen LogP contribution < -0.4 is 5.56 Å². The number of nitrogens with zero attached hydrogens (tertiary/aromatic N) is 3. The molecule has 1 N–H and O–H groups in total. The first kappa shape index (κ1) is 24.9. The zero-order chi connectivity index (χ0) is 26.8. The molecule has 0 bridgehead atoms. The van der Waals surface area contributed by atoms with Crippen LogP contribution in [0.4, 0.5) is 4.39 Å². The summed E-state index contributed by atoms with van der Waals surface area (Å²) < 4.78 is 15.0. The maximum absolute atomic E-state index is 13.7. The number of aryl methyl sites for hydroxylation is 2. The van der Waals surface area contributed by atoms with Crippen molar-refractivity contribution in [2.45, 2.75) is 50.5 Å². The third kappa shape index (κ3) is 5.30. The highest BCUT2D eigenvalue weighted by atomic mass is 19.1. The summed E-state index contributed by atoms with van der Waals surface area (Å²) in [7, 11) is 0. The smallest absolute Gasteiger partial charge is 0.273 e. The van der Waals surface area contributed by atoms with Crippen molar-refractivity contribution in [3.8, 4) is 11.3 Å². The van der Waals surface area contributed by atoms with Crippen molar-refractivity contribution in [2.24, 2.45) is 0 Å². The van der Waals surface area contributed by atoms with E-state index in [1.54, 1.807) is 23.2 Å². The summed E-state index contributed by atoms with van der Waals surface area (Å²) in [4.78, 5) is 38.9. The summed E-state index contributed by atoms with van der Waals surface area (Å²) >= 11 is 0. The molecule has 6 nitrogen and oxygen atoms in total. The Hall–Kier alpha value is -4.39. The minimum atomic E-state index is -0.248. The highest BCUT2D eigenvalue weighted by molar-refractivity contribution is 5.81. The average molecular weight is 521 g/mol. The number of Topliss-reactive ketones (excluding diaryl/α,β-unsaturated/α-hetero) is 1. The van der Waals surface area contributed by atoms with E-state index < -0.39 is 0 Å². The number of halogens is 1. The van der Waals surface area contributed by atoms with Gasteiger partial charge in [-0.05, 0) is 72.9 Å². The minimum absolute atomic E-state index is 0.0104. The first-order valence-corrected chi connectivity index (χ1v) is 13.3. The number of aromatic nitrogens is 4. The van der Waals surface area contributed by atoms with E-state index in [0.29, 0.717) is 30.7 Å². The molecule has 0 radical (unpaired) electrons. The zero-order valence-corrected chi connectivity index (χ0v) is 21.6. The topological polar surface area (TPSA) is 80.6 Å².